The van der Waals surface area contributed by atoms with Gasteiger partial charge in [-0.1, -0.05) is 27.7 Å². The zero-order valence-electron chi connectivity index (χ0n) is 9.60. The van der Waals surface area contributed by atoms with E-state index in [0.717, 1.165) is 17.7 Å². The summed E-state index contributed by atoms with van der Waals surface area (Å²) in [6, 6.07) is 0. The third-order valence-corrected chi connectivity index (χ3v) is 3.32. The molecule has 0 spiro atoms. The lowest BCUT2D eigenvalue weighted by Crippen LogP contribution is -2.24. The van der Waals surface area contributed by atoms with Gasteiger partial charge in [0.15, 0.2) is 0 Å². The van der Waals surface area contributed by atoms with Gasteiger partial charge in [-0.05, 0) is 31.1 Å². The summed E-state index contributed by atoms with van der Waals surface area (Å²) in [4.78, 5) is 0. The molecule has 0 aliphatic rings. The molecule has 0 fully saturated rings. The molecule has 80 valence electrons. The van der Waals surface area contributed by atoms with Crippen LogP contribution in [0.25, 0.3) is 0 Å². The summed E-state index contributed by atoms with van der Waals surface area (Å²) >= 11 is 2.07. The molecule has 1 atom stereocenters. The molecule has 0 radical (unpaired) electrons. The Hall–Kier alpha value is 0.310. The summed E-state index contributed by atoms with van der Waals surface area (Å²) in [6.07, 6.45) is 2.59. The summed E-state index contributed by atoms with van der Waals surface area (Å²) < 4.78 is 0. The molecule has 0 rings (SSSR count). The number of hydrogen-bond donors (Lipinski definition) is 1. The first-order valence-electron chi connectivity index (χ1n) is 5.49. The third kappa shape index (κ3) is 10.2. The largest absolute Gasteiger partial charge is 0.316 e. The fraction of sp³-hybridized carbons (Fsp3) is 1.00. The molecular weight excluding hydrogens is 178 g/mol. The van der Waals surface area contributed by atoms with E-state index in [2.05, 4.69) is 44.8 Å². The Kier molecular flexibility index (Phi) is 9.10. The van der Waals surface area contributed by atoms with Gasteiger partial charge in [0, 0.05) is 11.8 Å². The van der Waals surface area contributed by atoms with Crippen molar-refractivity contribution in [3.05, 3.63) is 0 Å². The van der Waals surface area contributed by atoms with E-state index in [1.54, 1.807) is 0 Å². The maximum Gasteiger partial charge on any atom is 0.0144 e. The quantitative estimate of drug-likeness (QED) is 0.608. The van der Waals surface area contributed by atoms with Crippen molar-refractivity contribution in [1.29, 1.82) is 0 Å². The third-order valence-electron chi connectivity index (χ3n) is 1.94. The number of hydrogen-bond acceptors (Lipinski definition) is 2. The van der Waals surface area contributed by atoms with Gasteiger partial charge in [0.05, 0.1) is 0 Å². The number of thioether (sulfide) groups is 1. The average molecular weight is 203 g/mol. The van der Waals surface area contributed by atoms with Gasteiger partial charge in [0.25, 0.3) is 0 Å². The van der Waals surface area contributed by atoms with Crippen molar-refractivity contribution in [3.8, 4) is 0 Å². The van der Waals surface area contributed by atoms with E-state index in [4.69, 9.17) is 0 Å². The van der Waals surface area contributed by atoms with Crippen molar-refractivity contribution in [1.82, 2.24) is 5.32 Å². The minimum atomic E-state index is 0.770. The standard InChI is InChI=1S/C11H25NS/c1-5-8-13-11(4)9-12-7-6-10(2)3/h10-12H,5-9H2,1-4H3. The molecule has 0 saturated carbocycles. The van der Waals surface area contributed by atoms with E-state index in [1.807, 2.05) is 0 Å². The highest BCUT2D eigenvalue weighted by Crippen LogP contribution is 2.10. The Balaban J connectivity index is 3.12. The first-order valence-corrected chi connectivity index (χ1v) is 6.54. The first-order chi connectivity index (χ1) is 6.16. The molecule has 13 heavy (non-hydrogen) atoms. The smallest absolute Gasteiger partial charge is 0.0144 e. The highest BCUT2D eigenvalue weighted by Gasteiger charge is 2.00. The van der Waals surface area contributed by atoms with Crippen molar-refractivity contribution >= 4 is 11.8 Å². The maximum absolute atomic E-state index is 3.50. The summed E-state index contributed by atoms with van der Waals surface area (Å²) in [5.74, 6) is 2.12. The summed E-state index contributed by atoms with van der Waals surface area (Å²) in [7, 11) is 0. The van der Waals surface area contributed by atoms with Crippen molar-refractivity contribution in [3.63, 3.8) is 0 Å². The van der Waals surface area contributed by atoms with Crippen LogP contribution in [0.4, 0.5) is 0 Å². The minimum Gasteiger partial charge on any atom is -0.316 e. The van der Waals surface area contributed by atoms with Crippen LogP contribution < -0.4 is 5.32 Å². The molecule has 1 unspecified atom stereocenters. The lowest BCUT2D eigenvalue weighted by molar-refractivity contribution is 0.539. The van der Waals surface area contributed by atoms with Crippen LogP contribution in [0, 0.1) is 5.92 Å². The van der Waals surface area contributed by atoms with E-state index in [-0.39, 0.29) is 0 Å². The monoisotopic (exact) mass is 203 g/mol. The summed E-state index contributed by atoms with van der Waals surface area (Å²) in [5, 5.41) is 4.28. The second-order valence-corrected chi connectivity index (χ2v) is 5.61. The summed E-state index contributed by atoms with van der Waals surface area (Å²) in [5.41, 5.74) is 0. The molecule has 0 bridgehead atoms. The van der Waals surface area contributed by atoms with Crippen LogP contribution in [-0.2, 0) is 0 Å². The zero-order chi connectivity index (χ0) is 10.1. The van der Waals surface area contributed by atoms with Gasteiger partial charge in [-0.2, -0.15) is 11.8 Å². The van der Waals surface area contributed by atoms with Crippen LogP contribution in [0.3, 0.4) is 0 Å². The van der Waals surface area contributed by atoms with Gasteiger partial charge in [-0.15, -0.1) is 0 Å². The van der Waals surface area contributed by atoms with Crippen LogP contribution in [0.1, 0.15) is 40.5 Å². The van der Waals surface area contributed by atoms with Crippen LogP contribution >= 0.6 is 11.8 Å². The SMILES string of the molecule is CCCSC(C)CNCCC(C)C. The number of rotatable bonds is 8. The topological polar surface area (TPSA) is 12.0 Å². The second kappa shape index (κ2) is 8.89. The van der Waals surface area contributed by atoms with Crippen molar-refractivity contribution in [2.45, 2.75) is 45.8 Å². The Morgan fingerprint density at radius 2 is 1.92 bits per heavy atom. The molecule has 1 N–H and O–H groups in total. The average Bonchev–Trinajstić information content (AvgIpc) is 2.08. The Morgan fingerprint density at radius 3 is 2.46 bits per heavy atom. The Labute approximate surface area is 88.1 Å². The van der Waals surface area contributed by atoms with E-state index < -0.39 is 0 Å². The van der Waals surface area contributed by atoms with Gasteiger partial charge < -0.3 is 5.32 Å². The van der Waals surface area contributed by atoms with Crippen LogP contribution in [0.15, 0.2) is 0 Å². The van der Waals surface area contributed by atoms with Gasteiger partial charge in [-0.3, -0.25) is 0 Å². The predicted molar refractivity (Wildman–Crippen MR) is 64.5 cm³/mol. The molecule has 0 heterocycles. The Morgan fingerprint density at radius 1 is 1.23 bits per heavy atom. The van der Waals surface area contributed by atoms with Gasteiger partial charge >= 0.3 is 0 Å². The summed E-state index contributed by atoms with van der Waals surface area (Å²) in [6.45, 7) is 11.4. The molecule has 1 nitrogen and oxygen atoms in total. The molecule has 0 aromatic rings. The molecule has 0 amide bonds. The van der Waals surface area contributed by atoms with Gasteiger partial charge in [0.1, 0.15) is 0 Å². The predicted octanol–water partition coefficient (Wildman–Crippen LogP) is 3.15. The molecule has 0 aliphatic heterocycles. The zero-order valence-corrected chi connectivity index (χ0v) is 10.4. The van der Waals surface area contributed by atoms with E-state index in [0.29, 0.717) is 0 Å². The van der Waals surface area contributed by atoms with Gasteiger partial charge in [0.2, 0.25) is 0 Å². The van der Waals surface area contributed by atoms with Crippen molar-refractivity contribution in [2.24, 2.45) is 5.92 Å². The molecule has 2 heteroatoms. The van der Waals surface area contributed by atoms with E-state index >= 15 is 0 Å². The van der Waals surface area contributed by atoms with Crippen molar-refractivity contribution < 1.29 is 0 Å². The lowest BCUT2D eigenvalue weighted by Gasteiger charge is -2.12. The molecule has 0 saturated heterocycles. The molecule has 0 aromatic heterocycles. The van der Waals surface area contributed by atoms with Crippen LogP contribution in [0.5, 0.6) is 0 Å². The molecule has 0 aliphatic carbocycles. The molecule has 0 aromatic carbocycles. The maximum atomic E-state index is 3.50. The highest BCUT2D eigenvalue weighted by molar-refractivity contribution is 7.99. The van der Waals surface area contributed by atoms with Crippen LogP contribution in [0.2, 0.25) is 0 Å². The van der Waals surface area contributed by atoms with Crippen LogP contribution in [-0.4, -0.2) is 24.1 Å². The number of nitrogens with one attached hydrogen (secondary N) is 1. The fourth-order valence-corrected chi connectivity index (χ4v) is 1.95. The Bertz CT molecular complexity index is 104. The highest BCUT2D eigenvalue weighted by atomic mass is 32.2. The second-order valence-electron chi connectivity index (χ2n) is 4.07. The fourth-order valence-electron chi connectivity index (χ4n) is 1.07. The first kappa shape index (κ1) is 13.3. The lowest BCUT2D eigenvalue weighted by atomic mass is 10.1. The van der Waals surface area contributed by atoms with E-state index in [9.17, 15) is 0 Å². The van der Waals surface area contributed by atoms with Crippen molar-refractivity contribution in [2.75, 3.05) is 18.8 Å². The normalized spacial score (nSPS) is 13.6. The molecular formula is C11H25NS. The van der Waals surface area contributed by atoms with Gasteiger partial charge in [-0.25, -0.2) is 0 Å². The van der Waals surface area contributed by atoms with E-state index in [1.165, 1.54) is 25.1 Å². The minimum absolute atomic E-state index is 0.770.